The Labute approximate surface area is 227 Å². The van der Waals surface area contributed by atoms with Gasteiger partial charge in [0.25, 0.3) is 10.1 Å². The van der Waals surface area contributed by atoms with Gasteiger partial charge in [-0.2, -0.15) is 34.8 Å². The Balaban J connectivity index is 0.000000840. The molecule has 1 aliphatic rings. The van der Waals surface area contributed by atoms with Gasteiger partial charge in [0.15, 0.2) is 0 Å². The third-order valence-corrected chi connectivity index (χ3v) is 7.15. The number of urea groups is 1. The number of halogens is 7. The lowest BCUT2D eigenvalue weighted by atomic mass is 9.98. The van der Waals surface area contributed by atoms with Crippen LogP contribution in [0.3, 0.4) is 0 Å². The zero-order valence-corrected chi connectivity index (χ0v) is 22.9. The van der Waals surface area contributed by atoms with Crippen molar-refractivity contribution in [1.82, 2.24) is 15.1 Å². The van der Waals surface area contributed by atoms with E-state index in [-0.39, 0.29) is 23.9 Å². The van der Waals surface area contributed by atoms with E-state index in [0.29, 0.717) is 36.3 Å². The Bertz CT molecular complexity index is 1270. The summed E-state index contributed by atoms with van der Waals surface area (Å²) in [6.07, 6.45) is -9.97. The summed E-state index contributed by atoms with van der Waals surface area (Å²) >= 11 is 0. The Hall–Kier alpha value is -2.91. The van der Waals surface area contributed by atoms with E-state index >= 15 is 0 Å². The number of nitrogens with zero attached hydrogens (tertiary/aromatic N) is 2. The molecular formula is C25H30F7N3O4S. The Kier molecular flexibility index (Phi) is 10.6. The van der Waals surface area contributed by atoms with E-state index < -0.39 is 57.5 Å². The fourth-order valence-electron chi connectivity index (χ4n) is 4.04. The molecule has 2 N–H and O–H groups in total. The molecule has 1 aliphatic heterocycles. The number of carbonyl (C=O) groups excluding carboxylic acids is 1. The average molecular weight is 602 g/mol. The minimum absolute atomic E-state index is 0.0572. The second kappa shape index (κ2) is 12.7. The maximum Gasteiger partial charge on any atom is 0.416 e. The molecule has 2 aromatic rings. The van der Waals surface area contributed by atoms with Gasteiger partial charge in [-0.1, -0.05) is 6.07 Å². The third-order valence-electron chi connectivity index (χ3n) is 6.42. The number of hydrogen-bond donors (Lipinski definition) is 2. The van der Waals surface area contributed by atoms with Crippen LogP contribution >= 0.6 is 0 Å². The first-order valence-corrected chi connectivity index (χ1v) is 13.6. The standard InChI is InChI=1S/C23H24F7N3O.C2H6O3S/c1-13-8-18(24)4-5-19(13)20-12-31-6-7-33(20)21(34)32(3)14(2)15-9-16(22(25,26)27)11-17(10-15)23(28,29)30;1-2-6(3,4)5/h4-5,8-11,14,20,31H,6-7,12H2,1-3H3;2H2,1H3,(H,3,4,5)/t14-,20+;/m1./s1. The quantitative estimate of drug-likeness (QED) is 0.340. The molecule has 7 nitrogen and oxygen atoms in total. The second-order valence-corrected chi connectivity index (χ2v) is 10.9. The molecule has 0 unspecified atom stereocenters. The third kappa shape index (κ3) is 8.80. The van der Waals surface area contributed by atoms with E-state index in [4.69, 9.17) is 4.55 Å². The van der Waals surface area contributed by atoms with Crippen LogP contribution in [0.5, 0.6) is 0 Å². The van der Waals surface area contributed by atoms with Crippen molar-refractivity contribution in [3.8, 4) is 0 Å². The summed E-state index contributed by atoms with van der Waals surface area (Å²) in [5, 5.41) is 3.15. The minimum atomic E-state index is -4.98. The summed E-state index contributed by atoms with van der Waals surface area (Å²) < 4.78 is 120. The Morgan fingerprint density at radius 2 is 1.62 bits per heavy atom. The van der Waals surface area contributed by atoms with E-state index in [1.165, 1.54) is 37.9 Å². The largest absolute Gasteiger partial charge is 0.416 e. The molecule has 224 valence electrons. The first kappa shape index (κ1) is 33.3. The molecule has 0 aliphatic carbocycles. The lowest BCUT2D eigenvalue weighted by molar-refractivity contribution is -0.143. The summed E-state index contributed by atoms with van der Waals surface area (Å²) in [5.41, 5.74) is -1.85. The maximum absolute atomic E-state index is 13.6. The van der Waals surface area contributed by atoms with E-state index in [1.54, 1.807) is 13.0 Å². The highest BCUT2D eigenvalue weighted by Crippen LogP contribution is 2.38. The molecule has 0 radical (unpaired) electrons. The topological polar surface area (TPSA) is 90.0 Å². The van der Waals surface area contributed by atoms with Gasteiger partial charge in [0.2, 0.25) is 0 Å². The predicted molar refractivity (Wildman–Crippen MR) is 134 cm³/mol. The molecule has 1 saturated heterocycles. The van der Waals surface area contributed by atoms with Crippen molar-refractivity contribution >= 4 is 16.1 Å². The van der Waals surface area contributed by atoms with Crippen LogP contribution in [0, 0.1) is 12.7 Å². The molecule has 0 saturated carbocycles. The van der Waals surface area contributed by atoms with Gasteiger partial charge in [0.05, 0.1) is 29.0 Å². The lowest BCUT2D eigenvalue weighted by Gasteiger charge is -2.40. The number of benzene rings is 2. The molecule has 3 rings (SSSR count). The molecule has 15 heteroatoms. The van der Waals surface area contributed by atoms with Crippen LogP contribution in [0.15, 0.2) is 36.4 Å². The highest BCUT2D eigenvalue weighted by molar-refractivity contribution is 7.85. The molecular weight excluding hydrogens is 571 g/mol. The van der Waals surface area contributed by atoms with Crippen molar-refractivity contribution in [3.05, 3.63) is 70.0 Å². The monoisotopic (exact) mass is 601 g/mol. The van der Waals surface area contributed by atoms with Gasteiger partial charge < -0.3 is 15.1 Å². The maximum atomic E-state index is 13.6. The average Bonchev–Trinajstić information content (AvgIpc) is 2.86. The highest BCUT2D eigenvalue weighted by atomic mass is 32.2. The van der Waals surface area contributed by atoms with Gasteiger partial charge in [0, 0.05) is 26.7 Å². The fraction of sp³-hybridized carbons (Fsp3) is 0.480. The van der Waals surface area contributed by atoms with Crippen LogP contribution in [-0.2, 0) is 22.5 Å². The van der Waals surface area contributed by atoms with Crippen molar-refractivity contribution in [3.63, 3.8) is 0 Å². The minimum Gasteiger partial charge on any atom is -0.321 e. The van der Waals surface area contributed by atoms with Gasteiger partial charge in [-0.15, -0.1) is 0 Å². The zero-order chi connectivity index (χ0) is 30.6. The summed E-state index contributed by atoms with van der Waals surface area (Å²) in [7, 11) is -2.33. The number of hydrogen-bond acceptors (Lipinski definition) is 4. The Morgan fingerprint density at radius 3 is 2.08 bits per heavy atom. The zero-order valence-electron chi connectivity index (χ0n) is 22.1. The molecule has 2 atom stereocenters. The van der Waals surface area contributed by atoms with Crippen LogP contribution < -0.4 is 5.32 Å². The SMILES string of the molecule is CCS(=O)(=O)O.Cc1cc(F)ccc1[C@@H]1CNCCN1C(=O)N(C)[C@H](C)c1cc(C(F)(F)F)cc(C(F)(F)F)c1. The van der Waals surface area contributed by atoms with Crippen LogP contribution in [0.4, 0.5) is 35.5 Å². The van der Waals surface area contributed by atoms with E-state index in [9.17, 15) is 43.9 Å². The summed E-state index contributed by atoms with van der Waals surface area (Å²) in [6.45, 7) is 5.51. The number of amides is 2. The number of aryl methyl sites for hydroxylation is 1. The van der Waals surface area contributed by atoms with Crippen molar-refractivity contribution in [1.29, 1.82) is 0 Å². The van der Waals surface area contributed by atoms with Crippen molar-refractivity contribution < 1.29 is 48.5 Å². The lowest BCUT2D eigenvalue weighted by Crippen LogP contribution is -2.52. The molecule has 0 aromatic heterocycles. The second-order valence-electron chi connectivity index (χ2n) is 9.19. The number of rotatable bonds is 4. The van der Waals surface area contributed by atoms with Gasteiger partial charge >= 0.3 is 18.4 Å². The van der Waals surface area contributed by atoms with Crippen LogP contribution in [-0.4, -0.2) is 61.2 Å². The molecule has 2 amide bonds. The fourth-order valence-corrected chi connectivity index (χ4v) is 4.04. The molecule has 2 aromatic carbocycles. The van der Waals surface area contributed by atoms with Crippen molar-refractivity contribution in [2.45, 2.75) is 45.2 Å². The molecule has 1 heterocycles. The molecule has 0 spiro atoms. The van der Waals surface area contributed by atoms with Crippen LogP contribution in [0.2, 0.25) is 0 Å². The van der Waals surface area contributed by atoms with Gasteiger partial charge in [-0.3, -0.25) is 4.55 Å². The normalized spacial score (nSPS) is 17.1. The first-order valence-electron chi connectivity index (χ1n) is 12.0. The van der Waals surface area contributed by atoms with Crippen LogP contribution in [0.25, 0.3) is 0 Å². The molecule has 40 heavy (non-hydrogen) atoms. The highest BCUT2D eigenvalue weighted by Gasteiger charge is 2.38. The number of nitrogens with one attached hydrogen (secondary N) is 1. The van der Waals surface area contributed by atoms with E-state index in [0.717, 1.165) is 4.90 Å². The Morgan fingerprint density at radius 1 is 1.10 bits per heavy atom. The van der Waals surface area contributed by atoms with Crippen LogP contribution in [0.1, 0.15) is 53.7 Å². The van der Waals surface area contributed by atoms with Crippen molar-refractivity contribution in [2.75, 3.05) is 32.4 Å². The van der Waals surface area contributed by atoms with Gasteiger partial charge in [-0.25, -0.2) is 9.18 Å². The molecule has 1 fully saturated rings. The van der Waals surface area contributed by atoms with Gasteiger partial charge in [-0.05, 0) is 67.8 Å². The molecule has 0 bridgehead atoms. The van der Waals surface area contributed by atoms with Gasteiger partial charge in [0.1, 0.15) is 5.82 Å². The number of carbonyl (C=O) groups is 1. The van der Waals surface area contributed by atoms with E-state index in [2.05, 4.69) is 5.32 Å². The van der Waals surface area contributed by atoms with E-state index in [1.807, 2.05) is 0 Å². The summed E-state index contributed by atoms with van der Waals surface area (Å²) in [4.78, 5) is 16.0. The number of piperazine rings is 1. The summed E-state index contributed by atoms with van der Waals surface area (Å²) in [6, 6.07) is 3.36. The predicted octanol–water partition coefficient (Wildman–Crippen LogP) is 5.83. The number of alkyl halides is 6. The van der Waals surface area contributed by atoms with Crippen molar-refractivity contribution in [2.24, 2.45) is 0 Å². The summed E-state index contributed by atoms with van der Waals surface area (Å²) in [5.74, 6) is -0.633. The smallest absolute Gasteiger partial charge is 0.321 e. The first-order chi connectivity index (χ1) is 18.3.